The van der Waals surface area contributed by atoms with Crippen molar-refractivity contribution in [2.45, 2.75) is 72.6 Å². The molecule has 1 nitrogen and oxygen atoms in total. The first-order chi connectivity index (χ1) is 7.63. The van der Waals surface area contributed by atoms with Crippen LogP contribution >= 0.6 is 0 Å². The standard InChI is InChI=1S/3C4H9.CH3O.Sn/c3*1-3-4-2;1-2;/h3*1,3-4H2,2H3;2H,1H2;/i;;;1D;. The van der Waals surface area contributed by atoms with Crippen LogP contribution in [0, 0.1) is 0 Å². The zero-order chi connectivity index (χ0) is 12.4. The van der Waals surface area contributed by atoms with Crippen LogP contribution in [0.5, 0.6) is 0 Å². The van der Waals surface area contributed by atoms with Gasteiger partial charge in [0.15, 0.2) is 0 Å². The summed E-state index contributed by atoms with van der Waals surface area (Å²) >= 11 is -2.53. The molecule has 0 radical (unpaired) electrons. The summed E-state index contributed by atoms with van der Waals surface area (Å²) in [5.74, 6) is 0. The van der Waals surface area contributed by atoms with Crippen LogP contribution in [0.15, 0.2) is 0 Å². The molecule has 0 heterocycles. The fourth-order valence-corrected chi connectivity index (χ4v) is 14.5. The molecular formula is C13H30OSn. The molecule has 1 N–H and O–H groups in total. The van der Waals surface area contributed by atoms with Crippen LogP contribution in [0.3, 0.4) is 0 Å². The molecule has 2 heteroatoms. The number of hydrogen-bond donors (Lipinski definition) is 1. The third kappa shape index (κ3) is 6.83. The van der Waals surface area contributed by atoms with E-state index in [-0.39, 0.29) is 0 Å². The minimum absolute atomic E-state index is 0.682. The molecule has 0 unspecified atom stereocenters. The molecule has 0 aromatic carbocycles. The molecule has 0 bridgehead atoms. The molecule has 92 valence electrons. The van der Waals surface area contributed by atoms with Crippen LogP contribution in [0.4, 0.5) is 0 Å². The van der Waals surface area contributed by atoms with Crippen molar-refractivity contribution in [2.24, 2.45) is 0 Å². The van der Waals surface area contributed by atoms with Crippen molar-refractivity contribution in [3.05, 3.63) is 0 Å². The second-order valence-corrected chi connectivity index (χ2v) is 17.6. The van der Waals surface area contributed by atoms with Gasteiger partial charge >= 0.3 is 102 Å². The van der Waals surface area contributed by atoms with Crippen LogP contribution in [0.2, 0.25) is 13.3 Å². The maximum absolute atomic E-state index is 9.90. The molecule has 0 aromatic heterocycles. The Hall–Kier alpha value is 0.759. The number of aliphatic hydroxyl groups is 1. The topological polar surface area (TPSA) is 20.2 Å². The molecule has 0 rings (SSSR count). The predicted octanol–water partition coefficient (Wildman–Crippen LogP) is 4.37. The fraction of sp³-hybridized carbons (Fsp3) is 1.00. The quantitative estimate of drug-likeness (QED) is 0.592. The van der Waals surface area contributed by atoms with Crippen molar-refractivity contribution in [3.8, 4) is 0 Å². The second kappa shape index (κ2) is 9.95. The zero-order valence-electron chi connectivity index (χ0n) is 11.9. The van der Waals surface area contributed by atoms with E-state index in [4.69, 9.17) is 1.37 Å². The normalized spacial score (nSPS) is 15.1. The molecule has 0 spiro atoms. The summed E-state index contributed by atoms with van der Waals surface area (Å²) in [6, 6.07) is 0. The van der Waals surface area contributed by atoms with Crippen LogP contribution in [0.25, 0.3) is 0 Å². The van der Waals surface area contributed by atoms with Gasteiger partial charge in [0, 0.05) is 0 Å². The average molecular weight is 322 g/mol. The van der Waals surface area contributed by atoms with Crippen molar-refractivity contribution < 1.29 is 6.48 Å². The van der Waals surface area contributed by atoms with E-state index < -0.39 is 23.0 Å². The first kappa shape index (κ1) is 13.8. The van der Waals surface area contributed by atoms with E-state index in [9.17, 15) is 5.11 Å². The van der Waals surface area contributed by atoms with E-state index in [1.165, 1.54) is 51.8 Å². The Morgan fingerprint density at radius 1 is 0.867 bits per heavy atom. The van der Waals surface area contributed by atoms with E-state index in [1.54, 1.807) is 0 Å². The van der Waals surface area contributed by atoms with Gasteiger partial charge in [0.05, 0.1) is 0 Å². The SMILES string of the molecule is [2H][C@@H](O)[Sn]([CH2]CCC)([CH2]CCC)[CH2]CCC. The van der Waals surface area contributed by atoms with E-state index in [0.29, 0.717) is 0 Å². The Bertz CT molecular complexity index is 140. The Labute approximate surface area is 102 Å². The van der Waals surface area contributed by atoms with Crippen LogP contribution in [-0.2, 0) is 0 Å². The zero-order valence-corrected chi connectivity index (χ0v) is 13.7. The van der Waals surface area contributed by atoms with Crippen LogP contribution in [0.1, 0.15) is 60.7 Å². The summed E-state index contributed by atoms with van der Waals surface area (Å²) in [5, 5.41) is 9.90. The molecule has 15 heavy (non-hydrogen) atoms. The van der Waals surface area contributed by atoms with Crippen LogP contribution in [-0.4, -0.2) is 28.1 Å². The van der Waals surface area contributed by atoms with Gasteiger partial charge in [0.1, 0.15) is 0 Å². The third-order valence-electron chi connectivity index (χ3n) is 3.36. The molecule has 0 aliphatic rings. The summed E-state index contributed by atoms with van der Waals surface area (Å²) in [6.07, 6.45) is 7.34. The maximum atomic E-state index is 9.90. The van der Waals surface area contributed by atoms with Crippen molar-refractivity contribution in [3.63, 3.8) is 0 Å². The van der Waals surface area contributed by atoms with E-state index >= 15 is 0 Å². The summed E-state index contributed by atoms with van der Waals surface area (Å²) in [5.41, 5.74) is 0. The van der Waals surface area contributed by atoms with Crippen LogP contribution < -0.4 is 0 Å². The molecule has 0 amide bonds. The van der Waals surface area contributed by atoms with Crippen molar-refractivity contribution in [1.29, 1.82) is 0 Å². The Kier molecular flexibility index (Phi) is 9.17. The summed E-state index contributed by atoms with van der Waals surface area (Å²) < 4.78 is 10.9. The number of aliphatic hydroxyl groups excluding tert-OH is 1. The van der Waals surface area contributed by atoms with Gasteiger partial charge in [-0.25, -0.2) is 0 Å². The van der Waals surface area contributed by atoms with Gasteiger partial charge in [-0.15, -0.1) is 0 Å². The van der Waals surface area contributed by atoms with E-state index in [2.05, 4.69) is 20.8 Å². The Morgan fingerprint density at radius 3 is 1.40 bits per heavy atom. The third-order valence-corrected chi connectivity index (χ3v) is 16.5. The number of unbranched alkanes of at least 4 members (excludes halogenated alkanes) is 3. The van der Waals surface area contributed by atoms with Gasteiger partial charge < -0.3 is 0 Å². The van der Waals surface area contributed by atoms with Gasteiger partial charge in [-0.3, -0.25) is 0 Å². The summed E-state index contributed by atoms with van der Waals surface area (Å²) in [6.45, 7) is 6.64. The Morgan fingerprint density at radius 2 is 1.20 bits per heavy atom. The Balaban J connectivity index is 4.46. The number of hydrogen-bond acceptors (Lipinski definition) is 1. The molecule has 1 atom stereocenters. The first-order valence-corrected chi connectivity index (χ1v) is 14.4. The van der Waals surface area contributed by atoms with Gasteiger partial charge in [-0.05, 0) is 0 Å². The number of rotatable bonds is 10. The molecule has 0 fully saturated rings. The first-order valence-electron chi connectivity index (χ1n) is 7.31. The van der Waals surface area contributed by atoms with E-state index in [1.807, 2.05) is 0 Å². The van der Waals surface area contributed by atoms with Gasteiger partial charge in [0.2, 0.25) is 0 Å². The molecule has 0 aliphatic carbocycles. The predicted molar refractivity (Wildman–Crippen MR) is 72.0 cm³/mol. The molecule has 0 saturated heterocycles. The van der Waals surface area contributed by atoms with Crippen molar-refractivity contribution in [2.75, 3.05) is 4.60 Å². The fourth-order valence-electron chi connectivity index (χ4n) is 2.16. The summed E-state index contributed by atoms with van der Waals surface area (Å²) in [7, 11) is 0. The van der Waals surface area contributed by atoms with E-state index in [0.717, 1.165) is 0 Å². The molecular weight excluding hydrogens is 291 g/mol. The minimum atomic E-state index is -2.53. The second-order valence-electron chi connectivity index (χ2n) is 4.80. The van der Waals surface area contributed by atoms with Gasteiger partial charge in [-0.2, -0.15) is 0 Å². The monoisotopic (exact) mass is 323 g/mol. The molecule has 0 saturated carbocycles. The summed E-state index contributed by atoms with van der Waals surface area (Å²) in [4.78, 5) is 0. The molecule has 0 aliphatic heterocycles. The van der Waals surface area contributed by atoms with Gasteiger partial charge in [-0.1, -0.05) is 0 Å². The van der Waals surface area contributed by atoms with Crippen molar-refractivity contribution >= 4 is 18.4 Å². The average Bonchev–Trinajstić information content (AvgIpc) is 2.28. The van der Waals surface area contributed by atoms with Crippen molar-refractivity contribution in [1.82, 2.24) is 0 Å². The molecule has 0 aromatic rings. The van der Waals surface area contributed by atoms with Gasteiger partial charge in [0.25, 0.3) is 0 Å².